The Bertz CT molecular complexity index is 243. The smallest absolute Gasteiger partial charge is 0.234 e. The van der Waals surface area contributed by atoms with E-state index in [4.69, 9.17) is 0 Å². The van der Waals surface area contributed by atoms with Crippen molar-refractivity contribution in [3.8, 4) is 0 Å². The average Bonchev–Trinajstić information content (AvgIpc) is 2.28. The molecule has 2 aliphatic carbocycles. The van der Waals surface area contributed by atoms with Gasteiger partial charge in [0.05, 0.1) is 6.54 Å². The number of hydrogen-bond donors (Lipinski definition) is 2. The Kier molecular flexibility index (Phi) is 4.84. The molecule has 0 atom stereocenters. The number of carbonyl (C=O) groups excluding carboxylic acids is 1. The van der Waals surface area contributed by atoms with E-state index in [2.05, 4.69) is 17.6 Å². The Balaban J connectivity index is 1.51. The minimum absolute atomic E-state index is 0.185. The molecule has 2 aliphatic rings. The number of nitrogens with one attached hydrogen (secondary N) is 2. The van der Waals surface area contributed by atoms with Crippen molar-refractivity contribution in [1.29, 1.82) is 0 Å². The summed E-state index contributed by atoms with van der Waals surface area (Å²) in [6.45, 7) is 3.82. The summed E-state index contributed by atoms with van der Waals surface area (Å²) in [7, 11) is 0. The Morgan fingerprint density at radius 2 is 1.88 bits per heavy atom. The first-order valence-electron chi connectivity index (χ1n) is 7.24. The van der Waals surface area contributed by atoms with Crippen LogP contribution >= 0.6 is 0 Å². The molecule has 0 radical (unpaired) electrons. The molecule has 2 saturated carbocycles. The van der Waals surface area contributed by atoms with Gasteiger partial charge >= 0.3 is 0 Å². The molecule has 0 bridgehead atoms. The molecule has 2 N–H and O–H groups in total. The molecule has 0 spiro atoms. The second kappa shape index (κ2) is 6.39. The van der Waals surface area contributed by atoms with Crippen molar-refractivity contribution in [1.82, 2.24) is 10.6 Å². The van der Waals surface area contributed by atoms with E-state index in [0.29, 0.717) is 12.6 Å². The quantitative estimate of drug-likeness (QED) is 0.770. The number of amides is 1. The first-order chi connectivity index (χ1) is 8.24. The second-order valence-corrected chi connectivity index (χ2v) is 5.98. The van der Waals surface area contributed by atoms with E-state index in [-0.39, 0.29) is 5.91 Å². The molecule has 3 heteroatoms. The standard InChI is InChI=1S/C14H26N2O/c1-11-7-12(8-11)9-15-10-14(17)16-13-5-3-2-4-6-13/h11-13,15H,2-10H2,1H3,(H,16,17). The molecule has 0 heterocycles. The van der Waals surface area contributed by atoms with Crippen LogP contribution in [0.5, 0.6) is 0 Å². The Hall–Kier alpha value is -0.570. The Morgan fingerprint density at radius 1 is 1.18 bits per heavy atom. The molecule has 0 aromatic heterocycles. The van der Waals surface area contributed by atoms with Crippen LogP contribution in [0.2, 0.25) is 0 Å². The maximum atomic E-state index is 11.7. The zero-order valence-corrected chi connectivity index (χ0v) is 11.0. The molecule has 0 aromatic rings. The number of carbonyl (C=O) groups is 1. The molecule has 2 fully saturated rings. The predicted octanol–water partition coefficient (Wildman–Crippen LogP) is 2.07. The Morgan fingerprint density at radius 3 is 2.53 bits per heavy atom. The van der Waals surface area contributed by atoms with Crippen LogP contribution in [-0.4, -0.2) is 25.0 Å². The third-order valence-electron chi connectivity index (χ3n) is 4.16. The maximum absolute atomic E-state index is 11.7. The van der Waals surface area contributed by atoms with E-state index in [1.54, 1.807) is 0 Å². The monoisotopic (exact) mass is 238 g/mol. The summed E-state index contributed by atoms with van der Waals surface area (Å²) in [5, 5.41) is 6.42. The maximum Gasteiger partial charge on any atom is 0.234 e. The van der Waals surface area contributed by atoms with Crippen LogP contribution in [-0.2, 0) is 4.79 Å². The molecular formula is C14H26N2O. The van der Waals surface area contributed by atoms with Gasteiger partial charge in [0, 0.05) is 6.04 Å². The lowest BCUT2D eigenvalue weighted by Crippen LogP contribution is -2.43. The van der Waals surface area contributed by atoms with Crippen LogP contribution in [0.15, 0.2) is 0 Å². The number of hydrogen-bond acceptors (Lipinski definition) is 2. The van der Waals surface area contributed by atoms with Gasteiger partial charge in [0.1, 0.15) is 0 Å². The van der Waals surface area contributed by atoms with Crippen molar-refractivity contribution in [3.05, 3.63) is 0 Å². The van der Waals surface area contributed by atoms with E-state index in [1.165, 1.54) is 44.9 Å². The van der Waals surface area contributed by atoms with E-state index >= 15 is 0 Å². The first kappa shape index (κ1) is 12.9. The summed E-state index contributed by atoms with van der Waals surface area (Å²) < 4.78 is 0. The van der Waals surface area contributed by atoms with Crippen molar-refractivity contribution in [3.63, 3.8) is 0 Å². The summed E-state index contributed by atoms with van der Waals surface area (Å²) in [4.78, 5) is 11.7. The lowest BCUT2D eigenvalue weighted by atomic mass is 9.76. The highest BCUT2D eigenvalue weighted by atomic mass is 16.1. The average molecular weight is 238 g/mol. The van der Waals surface area contributed by atoms with E-state index < -0.39 is 0 Å². The van der Waals surface area contributed by atoms with Crippen LogP contribution in [0.4, 0.5) is 0 Å². The predicted molar refractivity (Wildman–Crippen MR) is 69.8 cm³/mol. The van der Waals surface area contributed by atoms with E-state index in [9.17, 15) is 4.79 Å². The molecule has 3 nitrogen and oxygen atoms in total. The highest BCUT2D eigenvalue weighted by Gasteiger charge is 2.24. The molecule has 17 heavy (non-hydrogen) atoms. The van der Waals surface area contributed by atoms with Crippen molar-refractivity contribution in [2.75, 3.05) is 13.1 Å². The van der Waals surface area contributed by atoms with Crippen LogP contribution in [0.25, 0.3) is 0 Å². The Labute approximate surface area is 105 Å². The SMILES string of the molecule is CC1CC(CNCC(=O)NC2CCCCC2)C1. The second-order valence-electron chi connectivity index (χ2n) is 5.98. The van der Waals surface area contributed by atoms with Gasteiger partial charge in [-0.2, -0.15) is 0 Å². The zero-order chi connectivity index (χ0) is 12.1. The number of rotatable bonds is 5. The summed E-state index contributed by atoms with van der Waals surface area (Å²) in [5.41, 5.74) is 0. The fraction of sp³-hybridized carbons (Fsp3) is 0.929. The fourth-order valence-electron chi connectivity index (χ4n) is 3.15. The topological polar surface area (TPSA) is 41.1 Å². The van der Waals surface area contributed by atoms with Gasteiger partial charge in [-0.25, -0.2) is 0 Å². The summed E-state index contributed by atoms with van der Waals surface area (Å²) in [6, 6.07) is 0.446. The minimum atomic E-state index is 0.185. The molecule has 0 aromatic carbocycles. The van der Waals surface area contributed by atoms with Crippen LogP contribution in [0.1, 0.15) is 51.9 Å². The van der Waals surface area contributed by atoms with Gasteiger partial charge in [0.2, 0.25) is 5.91 Å². The molecular weight excluding hydrogens is 212 g/mol. The largest absolute Gasteiger partial charge is 0.352 e. The summed E-state index contributed by atoms with van der Waals surface area (Å²) in [6.07, 6.45) is 8.90. The molecule has 0 saturated heterocycles. The lowest BCUT2D eigenvalue weighted by molar-refractivity contribution is -0.121. The molecule has 0 unspecified atom stereocenters. The van der Waals surface area contributed by atoms with Gasteiger partial charge in [0.25, 0.3) is 0 Å². The van der Waals surface area contributed by atoms with Gasteiger partial charge in [-0.3, -0.25) is 4.79 Å². The van der Waals surface area contributed by atoms with Gasteiger partial charge in [-0.05, 0) is 44.1 Å². The zero-order valence-electron chi connectivity index (χ0n) is 11.0. The summed E-state index contributed by atoms with van der Waals surface area (Å²) in [5.74, 6) is 1.90. The van der Waals surface area contributed by atoms with Gasteiger partial charge in [-0.15, -0.1) is 0 Å². The third kappa shape index (κ3) is 4.30. The van der Waals surface area contributed by atoms with Crippen LogP contribution in [0.3, 0.4) is 0 Å². The van der Waals surface area contributed by atoms with Crippen LogP contribution in [0, 0.1) is 11.8 Å². The van der Waals surface area contributed by atoms with E-state index in [1.807, 2.05) is 0 Å². The minimum Gasteiger partial charge on any atom is -0.352 e. The van der Waals surface area contributed by atoms with Crippen molar-refractivity contribution < 1.29 is 4.79 Å². The summed E-state index contributed by atoms with van der Waals surface area (Å²) >= 11 is 0. The molecule has 98 valence electrons. The highest BCUT2D eigenvalue weighted by molar-refractivity contribution is 5.78. The van der Waals surface area contributed by atoms with Crippen molar-refractivity contribution >= 4 is 5.91 Å². The normalized spacial score (nSPS) is 29.7. The van der Waals surface area contributed by atoms with Crippen molar-refractivity contribution in [2.24, 2.45) is 11.8 Å². The lowest BCUT2D eigenvalue weighted by Gasteiger charge is -2.32. The van der Waals surface area contributed by atoms with Gasteiger partial charge in [-0.1, -0.05) is 26.2 Å². The molecule has 0 aliphatic heterocycles. The highest BCUT2D eigenvalue weighted by Crippen LogP contribution is 2.32. The van der Waals surface area contributed by atoms with Gasteiger partial charge < -0.3 is 10.6 Å². The fourth-order valence-corrected chi connectivity index (χ4v) is 3.15. The molecule has 1 amide bonds. The molecule has 2 rings (SSSR count). The van der Waals surface area contributed by atoms with Gasteiger partial charge in [0.15, 0.2) is 0 Å². The van der Waals surface area contributed by atoms with E-state index in [0.717, 1.165) is 18.4 Å². The van der Waals surface area contributed by atoms with Crippen LogP contribution < -0.4 is 10.6 Å². The third-order valence-corrected chi connectivity index (χ3v) is 4.16. The first-order valence-corrected chi connectivity index (χ1v) is 7.24. The van der Waals surface area contributed by atoms with Crippen molar-refractivity contribution in [2.45, 2.75) is 57.9 Å².